The molecule has 0 aliphatic carbocycles. The van der Waals surface area contributed by atoms with Crippen LogP contribution in [0.25, 0.3) is 0 Å². The highest BCUT2D eigenvalue weighted by Crippen LogP contribution is 2.53. The summed E-state index contributed by atoms with van der Waals surface area (Å²) in [6, 6.07) is 45.6. The lowest BCUT2D eigenvalue weighted by Crippen LogP contribution is -2.39. The third-order valence-corrected chi connectivity index (χ3v) is 16.0. The summed E-state index contributed by atoms with van der Waals surface area (Å²) in [5.41, 5.74) is 4.24. The second-order valence-electron chi connectivity index (χ2n) is 20.4. The van der Waals surface area contributed by atoms with Crippen LogP contribution in [0.5, 0.6) is 0 Å². The van der Waals surface area contributed by atoms with E-state index in [1.165, 1.54) is 0 Å². The van der Waals surface area contributed by atoms with Crippen molar-refractivity contribution >= 4 is 87.5 Å². The molecular weight excluding hydrogens is 1070 g/mol. The molecule has 6 aromatic rings. The van der Waals surface area contributed by atoms with E-state index in [0.29, 0.717) is 68.7 Å². The number of esters is 3. The molecule has 9 rings (SSSR count). The van der Waals surface area contributed by atoms with Gasteiger partial charge in [-0.3, -0.25) is 14.4 Å². The highest BCUT2D eigenvalue weighted by atomic mass is 35.5. The van der Waals surface area contributed by atoms with Crippen LogP contribution >= 0.6 is 69.6 Å². The van der Waals surface area contributed by atoms with E-state index in [1.807, 2.05) is 166 Å². The molecular formula is C63H60Cl6O6. The fourth-order valence-electron chi connectivity index (χ4n) is 10.5. The zero-order valence-electron chi connectivity index (χ0n) is 42.1. The third kappa shape index (κ3) is 14.0. The number of hydrogen-bond acceptors (Lipinski definition) is 6. The highest BCUT2D eigenvalue weighted by molar-refractivity contribution is 6.32. The van der Waals surface area contributed by atoms with Crippen LogP contribution in [0.15, 0.2) is 184 Å². The molecule has 12 heteroatoms. The fraction of sp³-hybridized carbons (Fsp3) is 0.286. The lowest BCUT2D eigenvalue weighted by atomic mass is 9.71. The quantitative estimate of drug-likeness (QED) is 0.0690. The topological polar surface area (TPSA) is 78.9 Å². The molecule has 6 nitrogen and oxygen atoms in total. The van der Waals surface area contributed by atoms with E-state index in [4.69, 9.17) is 83.8 Å². The van der Waals surface area contributed by atoms with Gasteiger partial charge >= 0.3 is 17.9 Å². The Balaban J connectivity index is 0.000000164. The first kappa shape index (κ1) is 57.4. The van der Waals surface area contributed by atoms with Gasteiger partial charge in [-0.05, 0) is 165 Å². The van der Waals surface area contributed by atoms with Crippen LogP contribution in [-0.2, 0) is 28.6 Å². The summed E-state index contributed by atoms with van der Waals surface area (Å²) < 4.78 is 17.7. The monoisotopic (exact) mass is 1120 g/mol. The molecule has 3 saturated heterocycles. The standard InChI is InChI=1S/3C21H20Cl2O2/c3*1-3-11-21(2)13-18(15-5-4-6-17(23)12-15)19(25-20(21)24)14-7-9-16(22)10-8-14/h3*3-10,12,18-19H,1,11,13H2,2H3/t3*18-,19+,21+/m110/s1. The number of benzene rings is 6. The first-order valence-corrected chi connectivity index (χ1v) is 27.0. The largest absolute Gasteiger partial charge is 0.456 e. The van der Waals surface area contributed by atoms with Crippen molar-refractivity contribution in [3.8, 4) is 0 Å². The molecule has 0 spiro atoms. The summed E-state index contributed by atoms with van der Waals surface area (Å²) in [7, 11) is 0. The number of allylic oxidation sites excluding steroid dienone is 3. The van der Waals surface area contributed by atoms with Crippen molar-refractivity contribution in [1.82, 2.24) is 0 Å². The molecule has 0 bridgehead atoms. The number of ether oxygens (including phenoxy) is 3. The van der Waals surface area contributed by atoms with Gasteiger partial charge in [0.25, 0.3) is 0 Å². The minimum atomic E-state index is -0.586. The van der Waals surface area contributed by atoms with Gasteiger partial charge in [0, 0.05) is 47.9 Å². The van der Waals surface area contributed by atoms with E-state index in [2.05, 4.69) is 19.7 Å². The molecule has 3 aliphatic heterocycles. The molecule has 9 atom stereocenters. The fourth-order valence-corrected chi connectivity index (χ4v) is 11.4. The average Bonchev–Trinajstić information content (AvgIpc) is 3.38. The van der Waals surface area contributed by atoms with Gasteiger partial charge < -0.3 is 14.2 Å². The van der Waals surface area contributed by atoms with Crippen LogP contribution in [0, 0.1) is 16.2 Å². The molecule has 0 N–H and O–H groups in total. The lowest BCUT2D eigenvalue weighted by molar-refractivity contribution is -0.172. The SMILES string of the molecule is C=CC[C@@]1(C)C[C@H](c2cccc(Cl)c2)[C@H](c2ccc(Cl)cc2)OC1=O.C=CC[C@@]1(C)C[C@H](c2cccc(Cl)c2)[C@H](c2ccc(Cl)cc2)OC1=O.C=CC[C@]1(C)C[C@@H](c2cccc(Cl)c2)[C@@H](c2ccc(Cl)cc2)OC1=O. The van der Waals surface area contributed by atoms with Crippen LogP contribution in [0.3, 0.4) is 0 Å². The zero-order chi connectivity index (χ0) is 54.1. The minimum Gasteiger partial charge on any atom is -0.456 e. The van der Waals surface area contributed by atoms with Crippen LogP contribution in [0.2, 0.25) is 30.1 Å². The van der Waals surface area contributed by atoms with E-state index >= 15 is 0 Å². The van der Waals surface area contributed by atoms with Gasteiger partial charge in [0.2, 0.25) is 0 Å². The second kappa shape index (κ2) is 25.2. The maximum Gasteiger partial charge on any atom is 0.312 e. The van der Waals surface area contributed by atoms with E-state index < -0.39 is 16.2 Å². The number of carbonyl (C=O) groups is 3. The van der Waals surface area contributed by atoms with Crippen molar-refractivity contribution in [2.24, 2.45) is 16.2 Å². The molecule has 0 unspecified atom stereocenters. The Morgan fingerprint density at radius 2 is 0.627 bits per heavy atom. The summed E-state index contributed by atoms with van der Waals surface area (Å²) in [4.78, 5) is 38.0. The molecule has 75 heavy (non-hydrogen) atoms. The third-order valence-electron chi connectivity index (χ3n) is 14.5. The molecule has 3 fully saturated rings. The number of hydrogen-bond donors (Lipinski definition) is 0. The van der Waals surface area contributed by atoms with Crippen molar-refractivity contribution in [3.63, 3.8) is 0 Å². The van der Waals surface area contributed by atoms with Gasteiger partial charge in [-0.2, -0.15) is 0 Å². The lowest BCUT2D eigenvalue weighted by Gasteiger charge is -2.41. The van der Waals surface area contributed by atoms with Crippen molar-refractivity contribution in [3.05, 3.63) is 247 Å². The Bertz CT molecular complexity index is 2680. The maximum absolute atomic E-state index is 12.7. The summed E-state index contributed by atoms with van der Waals surface area (Å²) in [5.74, 6) is -0.519. The molecule has 6 aromatic carbocycles. The Labute approximate surface area is 471 Å². The normalized spacial score (nSPS) is 26.1. The van der Waals surface area contributed by atoms with Crippen LogP contribution in [0.1, 0.15) is 129 Å². The molecule has 0 saturated carbocycles. The molecule has 0 aromatic heterocycles. The molecule has 390 valence electrons. The summed E-state index contributed by atoms with van der Waals surface area (Å²) >= 11 is 36.6. The number of rotatable bonds is 12. The first-order chi connectivity index (χ1) is 35.8. The molecule has 0 amide bonds. The maximum atomic E-state index is 12.7. The van der Waals surface area contributed by atoms with E-state index in [9.17, 15) is 14.4 Å². The van der Waals surface area contributed by atoms with E-state index in [1.54, 1.807) is 18.2 Å². The number of cyclic esters (lactones) is 3. The summed E-state index contributed by atoms with van der Waals surface area (Å²) in [6.45, 7) is 17.2. The smallest absolute Gasteiger partial charge is 0.312 e. The van der Waals surface area contributed by atoms with Crippen LogP contribution in [-0.4, -0.2) is 17.9 Å². The molecule has 3 aliphatic rings. The van der Waals surface area contributed by atoms with Crippen LogP contribution < -0.4 is 0 Å². The van der Waals surface area contributed by atoms with Gasteiger partial charge in [0.1, 0.15) is 18.3 Å². The Morgan fingerprint density at radius 3 is 0.840 bits per heavy atom. The molecule has 0 radical (unpaired) electrons. The van der Waals surface area contributed by atoms with Gasteiger partial charge in [-0.15, -0.1) is 19.7 Å². The number of carbonyl (C=O) groups excluding carboxylic acids is 3. The van der Waals surface area contributed by atoms with Gasteiger partial charge in [-0.25, -0.2) is 0 Å². The van der Waals surface area contributed by atoms with Crippen LogP contribution in [0.4, 0.5) is 0 Å². The van der Waals surface area contributed by atoms with Crippen molar-refractivity contribution in [2.75, 3.05) is 0 Å². The van der Waals surface area contributed by atoms with E-state index in [-0.39, 0.29) is 54.0 Å². The predicted octanol–water partition coefficient (Wildman–Crippen LogP) is 19.0. The highest BCUT2D eigenvalue weighted by Gasteiger charge is 2.49. The zero-order valence-corrected chi connectivity index (χ0v) is 46.7. The first-order valence-electron chi connectivity index (χ1n) is 24.8. The van der Waals surface area contributed by atoms with Crippen molar-refractivity contribution in [1.29, 1.82) is 0 Å². The van der Waals surface area contributed by atoms with Gasteiger partial charge in [0.15, 0.2) is 0 Å². The number of halogens is 6. The Hall–Kier alpha value is -5.31. The summed E-state index contributed by atoms with van der Waals surface area (Å²) in [6.07, 6.45) is 8.01. The van der Waals surface area contributed by atoms with E-state index in [0.717, 1.165) is 33.4 Å². The molecule has 3 heterocycles. The Morgan fingerprint density at radius 1 is 0.387 bits per heavy atom. The average molecular weight is 1130 g/mol. The predicted molar refractivity (Wildman–Crippen MR) is 306 cm³/mol. The van der Waals surface area contributed by atoms with Crippen molar-refractivity contribution < 1.29 is 28.6 Å². The van der Waals surface area contributed by atoms with Gasteiger partial charge in [0.05, 0.1) is 16.2 Å². The Kier molecular flexibility index (Phi) is 19.3. The minimum absolute atomic E-state index is 0.0162. The second-order valence-corrected chi connectivity index (χ2v) is 23.0. The summed E-state index contributed by atoms with van der Waals surface area (Å²) in [5, 5.41) is 3.99. The van der Waals surface area contributed by atoms with Crippen molar-refractivity contribution in [2.45, 2.75) is 95.4 Å². The van der Waals surface area contributed by atoms with Gasteiger partial charge in [-0.1, -0.05) is 161 Å².